The molecule has 0 radical (unpaired) electrons. The molecule has 0 unspecified atom stereocenters. The molecular weight excluding hydrogens is 271 g/mol. The third kappa shape index (κ3) is 4.26. The normalized spacial score (nSPS) is 32.5. The van der Waals surface area contributed by atoms with Gasteiger partial charge in [0.15, 0.2) is 6.23 Å². The van der Waals surface area contributed by atoms with Crippen molar-refractivity contribution in [3.63, 3.8) is 0 Å². The van der Waals surface area contributed by atoms with Crippen LogP contribution in [0.5, 0.6) is 0 Å². The summed E-state index contributed by atoms with van der Waals surface area (Å²) < 4.78 is 19.1. The number of carbonyl (C=O) groups is 1. The van der Waals surface area contributed by atoms with Crippen molar-refractivity contribution >= 4 is 13.7 Å². The lowest BCUT2D eigenvalue weighted by atomic mass is 10.1. The highest BCUT2D eigenvalue weighted by atomic mass is 31.2. The molecule has 1 rings (SSSR count). The van der Waals surface area contributed by atoms with Gasteiger partial charge in [-0.3, -0.25) is 4.79 Å². The van der Waals surface area contributed by atoms with Gasteiger partial charge in [-0.25, -0.2) is 0 Å². The minimum atomic E-state index is -5.20. The van der Waals surface area contributed by atoms with Crippen LogP contribution in [0.15, 0.2) is 0 Å². The average Bonchev–Trinajstić information content (AvgIpc) is 2.53. The molecule has 5 N–H and O–H groups in total. The van der Waals surface area contributed by atoms with Crippen molar-refractivity contribution in [2.75, 3.05) is 13.2 Å². The van der Waals surface area contributed by atoms with E-state index in [9.17, 15) is 29.4 Å². The average molecular weight is 284 g/mol. The van der Waals surface area contributed by atoms with Crippen LogP contribution in [0.3, 0.4) is 0 Å². The van der Waals surface area contributed by atoms with Gasteiger partial charge in [-0.05, 0) is 0 Å². The second-order valence-corrected chi connectivity index (χ2v) is 4.74. The number of rotatable bonds is 5. The summed E-state index contributed by atoms with van der Waals surface area (Å²) in [7, 11) is -5.20. The molecular formula is C7H13N2O8P-2. The number of amides is 1. The van der Waals surface area contributed by atoms with Crippen LogP contribution in [0.1, 0.15) is 0 Å². The van der Waals surface area contributed by atoms with E-state index in [1.165, 1.54) is 0 Å². The molecule has 0 aromatic heterocycles. The number of aliphatic hydroxyl groups is 2. The van der Waals surface area contributed by atoms with E-state index in [-0.39, 0.29) is 6.54 Å². The van der Waals surface area contributed by atoms with Crippen molar-refractivity contribution in [1.29, 1.82) is 0 Å². The number of nitrogens with one attached hydrogen (secondary N) is 1. The van der Waals surface area contributed by atoms with Crippen LogP contribution in [0, 0.1) is 0 Å². The first-order valence-corrected chi connectivity index (χ1v) is 6.38. The van der Waals surface area contributed by atoms with Gasteiger partial charge in [0.2, 0.25) is 5.91 Å². The van der Waals surface area contributed by atoms with Gasteiger partial charge in [0.05, 0.1) is 21.0 Å². The van der Waals surface area contributed by atoms with E-state index in [0.717, 1.165) is 0 Å². The van der Waals surface area contributed by atoms with Gasteiger partial charge in [0.25, 0.3) is 0 Å². The van der Waals surface area contributed by atoms with Crippen LogP contribution in [0.4, 0.5) is 0 Å². The number of phosphoric acid groups is 1. The molecule has 4 atom stereocenters. The Bertz CT molecular complexity index is 346. The van der Waals surface area contributed by atoms with Gasteiger partial charge in [-0.15, -0.1) is 0 Å². The van der Waals surface area contributed by atoms with Gasteiger partial charge >= 0.3 is 0 Å². The molecule has 1 aliphatic rings. The molecule has 0 aromatic carbocycles. The van der Waals surface area contributed by atoms with Gasteiger partial charge in [-0.2, -0.15) is 0 Å². The predicted octanol–water partition coefficient (Wildman–Crippen LogP) is -4.65. The second kappa shape index (κ2) is 6.04. The maximum atomic E-state index is 11.0. The zero-order chi connectivity index (χ0) is 13.9. The van der Waals surface area contributed by atoms with Crippen LogP contribution in [0.2, 0.25) is 0 Å². The fraction of sp³-hybridized carbons (Fsp3) is 0.857. The third-order valence-corrected chi connectivity index (χ3v) is 2.71. The molecule has 1 heterocycles. The number of nitrogens with two attached hydrogens (primary N) is 1. The lowest BCUT2D eigenvalue weighted by Crippen LogP contribution is -2.45. The predicted molar refractivity (Wildman–Crippen MR) is 51.4 cm³/mol. The Balaban J connectivity index is 2.53. The SMILES string of the molecule is NCC(=O)N[C@@H]1O[C@@H](COP(=O)([O-])[O-])[C@H](O)[C@H]1O. The van der Waals surface area contributed by atoms with E-state index in [2.05, 4.69) is 9.84 Å². The Morgan fingerprint density at radius 3 is 2.56 bits per heavy atom. The fourth-order valence-corrected chi connectivity index (χ4v) is 1.72. The molecule has 0 saturated carbocycles. The minimum Gasteiger partial charge on any atom is -0.790 e. The molecule has 1 saturated heterocycles. The number of carbonyl (C=O) groups excluding carboxylic acids is 1. The van der Waals surface area contributed by atoms with Gasteiger partial charge in [0, 0.05) is 0 Å². The van der Waals surface area contributed by atoms with Crippen LogP contribution in [-0.2, 0) is 18.6 Å². The molecule has 18 heavy (non-hydrogen) atoms. The smallest absolute Gasteiger partial charge is 0.235 e. The summed E-state index contributed by atoms with van der Waals surface area (Å²) in [5.74, 6) is -0.633. The van der Waals surface area contributed by atoms with Crippen molar-refractivity contribution in [2.24, 2.45) is 5.73 Å². The highest BCUT2D eigenvalue weighted by molar-refractivity contribution is 7.43. The zero-order valence-electron chi connectivity index (χ0n) is 9.09. The first-order valence-electron chi connectivity index (χ1n) is 4.92. The summed E-state index contributed by atoms with van der Waals surface area (Å²) in [5.41, 5.74) is 5.02. The maximum Gasteiger partial charge on any atom is 0.235 e. The second-order valence-electron chi connectivity index (χ2n) is 3.59. The molecule has 0 spiro atoms. The standard InChI is InChI=1S/C7H15N2O8P/c8-1-4(10)9-7-6(12)5(11)3(17-7)2-16-18(13,14)15/h3,5-7,11-12H,1-2,8H2,(H,9,10)(H2,13,14,15)/p-2/t3-,5-,6+,7+/m0/s1. The lowest BCUT2D eigenvalue weighted by molar-refractivity contribution is -0.343. The van der Waals surface area contributed by atoms with Crippen LogP contribution in [-0.4, -0.2) is 53.8 Å². The molecule has 0 aromatic rings. The number of hydrogen-bond donors (Lipinski definition) is 4. The molecule has 1 amide bonds. The Morgan fingerprint density at radius 2 is 2.06 bits per heavy atom. The first kappa shape index (κ1) is 15.5. The quantitative estimate of drug-likeness (QED) is 0.361. The minimum absolute atomic E-state index is 0.347. The number of ether oxygens (including phenoxy) is 1. The molecule has 1 fully saturated rings. The zero-order valence-corrected chi connectivity index (χ0v) is 9.99. The summed E-state index contributed by atoms with van der Waals surface area (Å²) >= 11 is 0. The Hall–Kier alpha value is -0.580. The van der Waals surface area contributed by atoms with E-state index < -0.39 is 44.9 Å². The van der Waals surface area contributed by atoms with E-state index >= 15 is 0 Å². The van der Waals surface area contributed by atoms with E-state index in [1.54, 1.807) is 0 Å². The topological polar surface area (TPSA) is 177 Å². The molecule has 106 valence electrons. The number of aliphatic hydroxyl groups excluding tert-OH is 2. The monoisotopic (exact) mass is 284 g/mol. The Morgan fingerprint density at radius 1 is 1.44 bits per heavy atom. The largest absolute Gasteiger partial charge is 0.790 e. The van der Waals surface area contributed by atoms with Crippen molar-refractivity contribution < 1.29 is 38.6 Å². The summed E-state index contributed by atoms with van der Waals surface area (Å²) in [5, 5.41) is 21.1. The third-order valence-electron chi connectivity index (χ3n) is 2.25. The highest BCUT2D eigenvalue weighted by Gasteiger charge is 2.43. The lowest BCUT2D eigenvalue weighted by Gasteiger charge is -2.30. The molecule has 0 aliphatic carbocycles. The van der Waals surface area contributed by atoms with Crippen molar-refractivity contribution in [3.05, 3.63) is 0 Å². The summed E-state index contributed by atoms with van der Waals surface area (Å²) in [4.78, 5) is 31.5. The van der Waals surface area contributed by atoms with Crippen LogP contribution < -0.4 is 20.8 Å². The van der Waals surface area contributed by atoms with E-state index in [0.29, 0.717) is 0 Å². The molecule has 0 bridgehead atoms. The van der Waals surface area contributed by atoms with E-state index in [4.69, 9.17) is 10.5 Å². The van der Waals surface area contributed by atoms with E-state index in [1.807, 2.05) is 0 Å². The van der Waals surface area contributed by atoms with Crippen LogP contribution >= 0.6 is 7.82 Å². The van der Waals surface area contributed by atoms with Crippen molar-refractivity contribution in [1.82, 2.24) is 5.32 Å². The van der Waals surface area contributed by atoms with Crippen LogP contribution in [0.25, 0.3) is 0 Å². The summed E-state index contributed by atoms with van der Waals surface area (Å²) in [6.07, 6.45) is -5.48. The summed E-state index contributed by atoms with van der Waals surface area (Å²) in [6, 6.07) is 0. The van der Waals surface area contributed by atoms with Gasteiger partial charge in [0.1, 0.15) is 18.3 Å². The molecule has 10 nitrogen and oxygen atoms in total. The summed E-state index contributed by atoms with van der Waals surface area (Å²) in [6.45, 7) is -1.10. The molecule has 11 heteroatoms. The van der Waals surface area contributed by atoms with Crippen molar-refractivity contribution in [3.8, 4) is 0 Å². The molecule has 1 aliphatic heterocycles. The Labute approximate surface area is 102 Å². The van der Waals surface area contributed by atoms with Crippen molar-refractivity contribution in [2.45, 2.75) is 24.5 Å². The van der Waals surface area contributed by atoms with Gasteiger partial charge < -0.3 is 44.9 Å². The first-order chi connectivity index (χ1) is 8.24. The number of hydrogen-bond acceptors (Lipinski definition) is 9. The fourth-order valence-electron chi connectivity index (χ4n) is 1.39. The number of phosphoric ester groups is 1. The van der Waals surface area contributed by atoms with Gasteiger partial charge in [-0.1, -0.05) is 0 Å². The maximum absolute atomic E-state index is 11.0. The highest BCUT2D eigenvalue weighted by Crippen LogP contribution is 2.28. The Kier molecular flexibility index (Phi) is 5.20.